The molecular weight excluding hydrogens is 279 g/mol. The van der Waals surface area contributed by atoms with Gasteiger partial charge in [-0.1, -0.05) is 0 Å². The fourth-order valence-corrected chi connectivity index (χ4v) is 2.66. The summed E-state index contributed by atoms with van der Waals surface area (Å²) in [5.74, 6) is 5.27. The Kier molecular flexibility index (Phi) is 3.27. The van der Waals surface area contributed by atoms with E-state index in [2.05, 4.69) is 53.7 Å². The molecule has 78 valence electrons. The van der Waals surface area contributed by atoms with Crippen molar-refractivity contribution in [3.63, 3.8) is 0 Å². The van der Waals surface area contributed by atoms with Crippen LogP contribution in [0.4, 0.5) is 0 Å². The summed E-state index contributed by atoms with van der Waals surface area (Å²) in [6.07, 6.45) is 2.18. The fourth-order valence-electron chi connectivity index (χ4n) is 2.26. The van der Waals surface area contributed by atoms with Gasteiger partial charge in [-0.3, -0.25) is 0 Å². The van der Waals surface area contributed by atoms with Crippen molar-refractivity contribution < 1.29 is 4.84 Å². The van der Waals surface area contributed by atoms with Crippen molar-refractivity contribution in [3.8, 4) is 0 Å². The van der Waals surface area contributed by atoms with Crippen molar-refractivity contribution >= 4 is 22.9 Å². The highest BCUT2D eigenvalue weighted by molar-refractivity contribution is 14.1. The number of hydrogen-bond acceptors (Lipinski definition) is 3. The van der Waals surface area contributed by atoms with Crippen LogP contribution in [-0.4, -0.2) is 20.3 Å². The molecule has 1 aliphatic rings. The summed E-state index contributed by atoms with van der Waals surface area (Å²) in [7, 11) is 0. The van der Waals surface area contributed by atoms with Gasteiger partial charge in [0.15, 0.2) is 0 Å². The lowest BCUT2D eigenvalue weighted by molar-refractivity contribution is -0.0534. The molecule has 0 amide bonds. The molecule has 0 radical (unpaired) electrons. The standard InChI is InChI=1S/C9H19IN2O/c1-8(2)5-7(13-11)6-9(3,4)12(8)10/h7H,5-6,11H2,1-4H3. The van der Waals surface area contributed by atoms with E-state index in [1.165, 1.54) is 0 Å². The Bertz CT molecular complexity index is 176. The van der Waals surface area contributed by atoms with Gasteiger partial charge >= 0.3 is 0 Å². The molecule has 13 heavy (non-hydrogen) atoms. The highest BCUT2D eigenvalue weighted by atomic mass is 127. The quantitative estimate of drug-likeness (QED) is 0.458. The molecule has 1 fully saturated rings. The Morgan fingerprint density at radius 3 is 1.92 bits per heavy atom. The normalized spacial score (nSPS) is 29.1. The Morgan fingerprint density at radius 2 is 1.62 bits per heavy atom. The lowest BCUT2D eigenvalue weighted by Gasteiger charge is -2.51. The minimum absolute atomic E-state index is 0.159. The van der Waals surface area contributed by atoms with Crippen LogP contribution in [0.5, 0.6) is 0 Å². The van der Waals surface area contributed by atoms with E-state index in [1.807, 2.05) is 0 Å². The zero-order valence-electron chi connectivity index (χ0n) is 8.80. The number of rotatable bonds is 1. The zero-order valence-corrected chi connectivity index (χ0v) is 11.0. The zero-order chi connectivity index (χ0) is 10.3. The summed E-state index contributed by atoms with van der Waals surface area (Å²) in [5.41, 5.74) is 0.318. The maximum Gasteiger partial charge on any atom is 0.0822 e. The molecule has 1 heterocycles. The van der Waals surface area contributed by atoms with Crippen LogP contribution in [0.3, 0.4) is 0 Å². The third-order valence-electron chi connectivity index (χ3n) is 2.71. The summed E-state index contributed by atoms with van der Waals surface area (Å²) >= 11 is 2.41. The topological polar surface area (TPSA) is 38.5 Å². The first kappa shape index (κ1) is 11.7. The molecule has 2 N–H and O–H groups in total. The van der Waals surface area contributed by atoms with Gasteiger partial charge in [-0.15, -0.1) is 0 Å². The summed E-state index contributed by atoms with van der Waals surface area (Å²) in [4.78, 5) is 4.98. The van der Waals surface area contributed by atoms with Crippen LogP contribution in [0.25, 0.3) is 0 Å². The largest absolute Gasteiger partial charge is 0.301 e. The predicted molar refractivity (Wildman–Crippen MR) is 62.3 cm³/mol. The van der Waals surface area contributed by atoms with E-state index in [1.54, 1.807) is 0 Å². The molecule has 0 aromatic rings. The van der Waals surface area contributed by atoms with E-state index in [0.29, 0.717) is 0 Å². The van der Waals surface area contributed by atoms with Crippen molar-refractivity contribution in [1.82, 2.24) is 3.11 Å². The van der Waals surface area contributed by atoms with Gasteiger partial charge in [0.2, 0.25) is 0 Å². The number of piperidine rings is 1. The summed E-state index contributed by atoms with van der Waals surface area (Å²) in [5, 5.41) is 0. The maximum atomic E-state index is 5.27. The fraction of sp³-hybridized carbons (Fsp3) is 1.00. The van der Waals surface area contributed by atoms with Crippen molar-refractivity contribution in [2.24, 2.45) is 5.90 Å². The van der Waals surface area contributed by atoms with Gasteiger partial charge in [-0.05, 0) is 40.5 Å². The molecule has 0 unspecified atom stereocenters. The number of nitrogens with zero attached hydrogens (tertiary/aromatic N) is 1. The van der Waals surface area contributed by atoms with Gasteiger partial charge in [-0.2, -0.15) is 0 Å². The Hall–Kier alpha value is 0.610. The molecule has 4 heteroatoms. The van der Waals surface area contributed by atoms with Crippen LogP contribution in [0.15, 0.2) is 0 Å². The first-order valence-electron chi connectivity index (χ1n) is 4.61. The molecule has 0 spiro atoms. The lowest BCUT2D eigenvalue weighted by atomic mass is 9.81. The van der Waals surface area contributed by atoms with E-state index in [-0.39, 0.29) is 17.2 Å². The Morgan fingerprint density at radius 1 is 1.23 bits per heavy atom. The van der Waals surface area contributed by atoms with Crippen molar-refractivity contribution in [3.05, 3.63) is 0 Å². The predicted octanol–water partition coefficient (Wildman–Crippen LogP) is 2.25. The smallest absolute Gasteiger partial charge is 0.0822 e. The molecule has 1 saturated heterocycles. The van der Waals surface area contributed by atoms with E-state index >= 15 is 0 Å². The Labute approximate surface area is 94.4 Å². The number of halogens is 1. The third-order valence-corrected chi connectivity index (χ3v) is 5.32. The molecule has 1 rings (SSSR count). The minimum Gasteiger partial charge on any atom is -0.301 e. The Balaban J connectivity index is 2.82. The first-order chi connectivity index (χ1) is 5.79. The molecule has 0 atom stereocenters. The first-order valence-corrected chi connectivity index (χ1v) is 5.58. The molecule has 0 aromatic carbocycles. The second-order valence-corrected chi connectivity index (χ2v) is 6.04. The van der Waals surface area contributed by atoms with E-state index in [0.717, 1.165) is 12.8 Å². The average Bonchev–Trinajstić information content (AvgIpc) is 1.99. The second-order valence-electron chi connectivity index (χ2n) is 5.07. The van der Waals surface area contributed by atoms with E-state index in [9.17, 15) is 0 Å². The minimum atomic E-state index is 0.159. The van der Waals surface area contributed by atoms with Gasteiger partial charge in [0, 0.05) is 33.9 Å². The molecule has 0 bridgehead atoms. The highest BCUT2D eigenvalue weighted by Gasteiger charge is 2.44. The second kappa shape index (κ2) is 3.64. The SMILES string of the molecule is CC1(C)CC(ON)CC(C)(C)N1I. The van der Waals surface area contributed by atoms with Crippen LogP contribution >= 0.6 is 22.9 Å². The van der Waals surface area contributed by atoms with Gasteiger partial charge in [0.1, 0.15) is 0 Å². The van der Waals surface area contributed by atoms with Gasteiger partial charge in [0.25, 0.3) is 0 Å². The van der Waals surface area contributed by atoms with Gasteiger partial charge in [-0.25, -0.2) is 9.01 Å². The van der Waals surface area contributed by atoms with Crippen LogP contribution in [0, 0.1) is 0 Å². The monoisotopic (exact) mass is 298 g/mol. The number of nitrogens with two attached hydrogens (primary N) is 1. The summed E-state index contributed by atoms with van der Waals surface area (Å²) < 4.78 is 2.38. The van der Waals surface area contributed by atoms with E-state index < -0.39 is 0 Å². The van der Waals surface area contributed by atoms with Gasteiger partial charge in [0.05, 0.1) is 6.10 Å². The molecule has 0 aliphatic carbocycles. The summed E-state index contributed by atoms with van der Waals surface area (Å²) in [6.45, 7) is 8.91. The lowest BCUT2D eigenvalue weighted by Crippen LogP contribution is -2.57. The van der Waals surface area contributed by atoms with Crippen LogP contribution in [0.2, 0.25) is 0 Å². The molecule has 1 aliphatic heterocycles. The number of hydrogen-bond donors (Lipinski definition) is 1. The maximum absolute atomic E-state index is 5.27. The molecule has 0 saturated carbocycles. The van der Waals surface area contributed by atoms with Crippen LogP contribution in [-0.2, 0) is 4.84 Å². The molecule has 0 aromatic heterocycles. The van der Waals surface area contributed by atoms with Crippen LogP contribution in [0.1, 0.15) is 40.5 Å². The van der Waals surface area contributed by atoms with Crippen molar-refractivity contribution in [2.75, 3.05) is 0 Å². The summed E-state index contributed by atoms with van der Waals surface area (Å²) in [6, 6.07) is 0. The molecule has 3 nitrogen and oxygen atoms in total. The third kappa shape index (κ3) is 2.34. The van der Waals surface area contributed by atoms with Crippen LogP contribution < -0.4 is 5.90 Å². The van der Waals surface area contributed by atoms with Gasteiger partial charge < -0.3 is 4.84 Å². The average molecular weight is 298 g/mol. The molecular formula is C9H19IN2O. The highest BCUT2D eigenvalue weighted by Crippen LogP contribution is 2.41. The van der Waals surface area contributed by atoms with Crippen molar-refractivity contribution in [2.45, 2.75) is 57.7 Å². The van der Waals surface area contributed by atoms with Crippen molar-refractivity contribution in [1.29, 1.82) is 0 Å². The van der Waals surface area contributed by atoms with E-state index in [4.69, 9.17) is 10.7 Å².